The Morgan fingerprint density at radius 1 is 1.16 bits per heavy atom. The van der Waals surface area contributed by atoms with Gasteiger partial charge in [0.15, 0.2) is 5.96 Å². The molecule has 5 nitrogen and oxygen atoms in total. The Morgan fingerprint density at radius 3 is 2.52 bits per heavy atom. The molecule has 1 aliphatic heterocycles. The summed E-state index contributed by atoms with van der Waals surface area (Å²) < 4.78 is 33.4. The molecule has 0 aromatic heterocycles. The molecule has 2 unspecified atom stereocenters. The van der Waals surface area contributed by atoms with Gasteiger partial charge in [-0.25, -0.2) is 8.78 Å². The van der Waals surface area contributed by atoms with Gasteiger partial charge in [-0.2, -0.15) is 0 Å². The zero-order valence-electron chi connectivity index (χ0n) is 18.4. The molecule has 2 aromatic carbocycles. The second-order valence-electron chi connectivity index (χ2n) is 7.96. The molecule has 1 fully saturated rings. The smallest absolute Gasteiger partial charge is 0.194 e. The number of halogens is 3. The van der Waals surface area contributed by atoms with Crippen molar-refractivity contribution in [3.8, 4) is 0 Å². The maximum atomic E-state index is 14.0. The van der Waals surface area contributed by atoms with E-state index < -0.39 is 0 Å². The number of morpholine rings is 1. The van der Waals surface area contributed by atoms with Crippen LogP contribution in [0.25, 0.3) is 0 Å². The summed E-state index contributed by atoms with van der Waals surface area (Å²) in [5, 5.41) is 3.38. The summed E-state index contributed by atoms with van der Waals surface area (Å²) in [5.41, 5.74) is 2.60. The predicted octanol–water partition coefficient (Wildman–Crippen LogP) is 4.18. The average Bonchev–Trinajstić information content (AvgIpc) is 2.70. The van der Waals surface area contributed by atoms with Crippen LogP contribution in [0.3, 0.4) is 0 Å². The fourth-order valence-electron chi connectivity index (χ4n) is 3.70. The number of nitrogens with zero attached hydrogens (tertiary/aromatic N) is 3. The highest BCUT2D eigenvalue weighted by Gasteiger charge is 2.28. The molecule has 0 amide bonds. The molecule has 3 rings (SSSR count). The third kappa shape index (κ3) is 7.11. The molecule has 0 bridgehead atoms. The number of rotatable bonds is 5. The Bertz CT molecular complexity index is 876. The fraction of sp³-hybridized carbons (Fsp3) is 0.435. The van der Waals surface area contributed by atoms with Crippen molar-refractivity contribution in [3.05, 3.63) is 70.8 Å². The highest BCUT2D eigenvalue weighted by atomic mass is 127. The van der Waals surface area contributed by atoms with Gasteiger partial charge in [0.25, 0.3) is 0 Å². The third-order valence-electron chi connectivity index (χ3n) is 5.06. The first-order chi connectivity index (χ1) is 14.4. The minimum atomic E-state index is -0.259. The third-order valence-corrected chi connectivity index (χ3v) is 5.06. The van der Waals surface area contributed by atoms with Crippen molar-refractivity contribution in [2.24, 2.45) is 4.99 Å². The van der Waals surface area contributed by atoms with E-state index in [1.165, 1.54) is 18.2 Å². The van der Waals surface area contributed by atoms with Crippen molar-refractivity contribution in [2.45, 2.75) is 32.2 Å². The number of ether oxygens (including phenoxy) is 1. The van der Waals surface area contributed by atoms with Crippen molar-refractivity contribution in [3.63, 3.8) is 0 Å². The number of nitrogens with one attached hydrogen (secondary N) is 1. The number of hydrogen-bond acceptors (Lipinski definition) is 3. The molecule has 31 heavy (non-hydrogen) atoms. The van der Waals surface area contributed by atoms with Gasteiger partial charge in [-0.1, -0.05) is 18.2 Å². The summed E-state index contributed by atoms with van der Waals surface area (Å²) in [6.07, 6.45) is -0.157. The summed E-state index contributed by atoms with van der Waals surface area (Å²) in [6, 6.07) is 11.6. The maximum absolute atomic E-state index is 14.0. The van der Waals surface area contributed by atoms with Gasteiger partial charge in [-0.3, -0.25) is 4.99 Å². The highest BCUT2D eigenvalue weighted by molar-refractivity contribution is 14.0. The lowest BCUT2D eigenvalue weighted by atomic mass is 10.1. The van der Waals surface area contributed by atoms with E-state index in [1.807, 2.05) is 32.0 Å². The Kier molecular flexibility index (Phi) is 9.64. The lowest BCUT2D eigenvalue weighted by Crippen LogP contribution is -2.50. The molecule has 0 aliphatic carbocycles. The van der Waals surface area contributed by atoms with E-state index in [0.717, 1.165) is 17.1 Å². The van der Waals surface area contributed by atoms with Crippen LogP contribution in [0.4, 0.5) is 8.78 Å². The van der Waals surface area contributed by atoms with E-state index in [1.54, 1.807) is 25.2 Å². The van der Waals surface area contributed by atoms with Gasteiger partial charge in [-0.05, 0) is 56.4 Å². The average molecular weight is 544 g/mol. The molecule has 2 aromatic rings. The van der Waals surface area contributed by atoms with Gasteiger partial charge in [0.05, 0.1) is 12.6 Å². The fourth-order valence-corrected chi connectivity index (χ4v) is 3.70. The molecular weight excluding hydrogens is 513 g/mol. The van der Waals surface area contributed by atoms with Crippen molar-refractivity contribution in [2.75, 3.05) is 34.2 Å². The van der Waals surface area contributed by atoms with Gasteiger partial charge in [-0.15, -0.1) is 24.0 Å². The lowest BCUT2D eigenvalue weighted by Gasteiger charge is -2.38. The number of hydrogen-bond donors (Lipinski definition) is 1. The summed E-state index contributed by atoms with van der Waals surface area (Å²) in [5.74, 6) is 0.307. The number of benzene rings is 2. The topological polar surface area (TPSA) is 40.1 Å². The van der Waals surface area contributed by atoms with Crippen molar-refractivity contribution >= 4 is 29.9 Å². The summed E-state index contributed by atoms with van der Waals surface area (Å²) in [4.78, 5) is 8.51. The second kappa shape index (κ2) is 11.7. The lowest BCUT2D eigenvalue weighted by molar-refractivity contribution is -0.0605. The van der Waals surface area contributed by atoms with Gasteiger partial charge in [0.1, 0.15) is 17.7 Å². The van der Waals surface area contributed by atoms with Crippen molar-refractivity contribution in [1.82, 2.24) is 15.1 Å². The molecule has 0 saturated carbocycles. The van der Waals surface area contributed by atoms with Crippen LogP contribution in [0.5, 0.6) is 0 Å². The Hall–Kier alpha value is -1.78. The molecule has 1 N–H and O–H groups in total. The maximum Gasteiger partial charge on any atom is 0.194 e. The van der Waals surface area contributed by atoms with Crippen LogP contribution in [0, 0.1) is 11.6 Å². The largest absolute Gasteiger partial charge is 0.367 e. The normalized spacial score (nSPS) is 19.3. The Balaban J connectivity index is 0.00000341. The minimum absolute atomic E-state index is 0. The molecule has 8 heteroatoms. The van der Waals surface area contributed by atoms with Gasteiger partial charge in [0, 0.05) is 32.2 Å². The van der Waals surface area contributed by atoms with Crippen LogP contribution in [-0.2, 0) is 17.8 Å². The van der Waals surface area contributed by atoms with Crippen LogP contribution in [0.1, 0.15) is 29.7 Å². The first-order valence-electron chi connectivity index (χ1n) is 10.1. The van der Waals surface area contributed by atoms with E-state index in [-0.39, 0.29) is 47.8 Å². The Morgan fingerprint density at radius 2 is 1.87 bits per heavy atom. The van der Waals surface area contributed by atoms with Crippen LogP contribution >= 0.6 is 24.0 Å². The molecule has 1 saturated heterocycles. The standard InChI is InChI=1S/C23H30F2N4O.HI/c1-16-13-29(15-22(30-16)18-6-8-20(24)9-7-18)23(26-2)27-12-17-5-10-21(25)19(11-17)14-28(3)4;/h5-11,16,22H,12-15H2,1-4H3,(H,26,27);1H. The zero-order chi connectivity index (χ0) is 21.7. The molecule has 2 atom stereocenters. The van der Waals surface area contributed by atoms with Gasteiger partial charge in [0.2, 0.25) is 0 Å². The molecule has 1 heterocycles. The number of guanidine groups is 1. The van der Waals surface area contributed by atoms with Gasteiger partial charge < -0.3 is 19.9 Å². The first-order valence-corrected chi connectivity index (χ1v) is 10.1. The summed E-state index contributed by atoms with van der Waals surface area (Å²) in [6.45, 7) is 4.43. The SMILES string of the molecule is CN=C(NCc1ccc(F)c(CN(C)C)c1)N1CC(C)OC(c2ccc(F)cc2)C1.I. The Labute approximate surface area is 200 Å². The van der Waals surface area contributed by atoms with Crippen molar-refractivity contribution in [1.29, 1.82) is 0 Å². The van der Waals surface area contributed by atoms with Crippen molar-refractivity contribution < 1.29 is 13.5 Å². The summed E-state index contributed by atoms with van der Waals surface area (Å²) in [7, 11) is 5.59. The zero-order valence-corrected chi connectivity index (χ0v) is 20.8. The molecule has 0 spiro atoms. The summed E-state index contributed by atoms with van der Waals surface area (Å²) >= 11 is 0. The quantitative estimate of drug-likeness (QED) is 0.349. The molecule has 170 valence electrons. The predicted molar refractivity (Wildman–Crippen MR) is 131 cm³/mol. The van der Waals surface area contributed by atoms with Crippen LogP contribution in [0.2, 0.25) is 0 Å². The van der Waals surface area contributed by atoms with E-state index in [0.29, 0.717) is 31.7 Å². The highest BCUT2D eigenvalue weighted by Crippen LogP contribution is 2.25. The molecular formula is C23H31F2IN4O. The monoisotopic (exact) mass is 544 g/mol. The molecule has 0 radical (unpaired) electrons. The number of aliphatic imine (C=N–C) groups is 1. The van der Waals surface area contributed by atoms with Crippen LogP contribution in [-0.4, -0.2) is 56.1 Å². The van der Waals surface area contributed by atoms with E-state index in [9.17, 15) is 8.78 Å². The minimum Gasteiger partial charge on any atom is -0.367 e. The van der Waals surface area contributed by atoms with E-state index in [2.05, 4.69) is 15.2 Å². The first kappa shape index (κ1) is 25.5. The second-order valence-corrected chi connectivity index (χ2v) is 7.96. The van der Waals surface area contributed by atoms with Crippen LogP contribution < -0.4 is 5.32 Å². The van der Waals surface area contributed by atoms with Crippen LogP contribution in [0.15, 0.2) is 47.5 Å². The van der Waals surface area contributed by atoms with Gasteiger partial charge >= 0.3 is 0 Å². The van der Waals surface area contributed by atoms with E-state index in [4.69, 9.17) is 4.74 Å². The molecule has 1 aliphatic rings. The van der Waals surface area contributed by atoms with E-state index >= 15 is 0 Å².